The van der Waals surface area contributed by atoms with Crippen LogP contribution in [0.15, 0.2) is 31.4 Å². The van der Waals surface area contributed by atoms with E-state index in [9.17, 15) is 4.79 Å². The smallest absolute Gasteiger partial charge is 0.222 e. The van der Waals surface area contributed by atoms with Crippen LogP contribution in [-0.2, 0) is 4.74 Å². The van der Waals surface area contributed by atoms with Crippen LogP contribution >= 0.6 is 35.6 Å². The summed E-state index contributed by atoms with van der Waals surface area (Å²) in [6, 6.07) is 0. The maximum Gasteiger partial charge on any atom is 0.222 e. The zero-order valence-electron chi connectivity index (χ0n) is 12.5. The first-order chi connectivity index (χ1) is 10.4. The second kappa shape index (κ2) is 10.9. The minimum Gasteiger partial charge on any atom is -0.494 e. The molecule has 0 aliphatic heterocycles. The van der Waals surface area contributed by atoms with E-state index in [1.807, 2.05) is 6.92 Å². The molecule has 0 aliphatic carbocycles. The summed E-state index contributed by atoms with van der Waals surface area (Å²) in [5, 5.41) is 0.382. The Kier molecular flexibility index (Phi) is 10.0. The number of Topliss-reactive ketones (excluding diaryl/α,β-unsaturated/α-hetero) is 1. The normalized spacial score (nSPS) is 9.04. The fraction of sp³-hybridized carbons (Fsp3) is 0.214. The summed E-state index contributed by atoms with van der Waals surface area (Å²) < 4.78 is 5.15. The van der Waals surface area contributed by atoms with Gasteiger partial charge in [0, 0.05) is 24.8 Å². The molecule has 0 bridgehead atoms. The van der Waals surface area contributed by atoms with Crippen molar-refractivity contribution in [3.63, 3.8) is 0 Å². The molecular weight excluding hydrogens is 363 g/mol. The lowest BCUT2D eigenvalue weighted by atomic mass is 10.2. The maximum atomic E-state index is 10.6. The molecule has 0 spiro atoms. The average Bonchev–Trinajstić information content (AvgIpc) is 2.49. The Morgan fingerprint density at radius 3 is 1.78 bits per heavy atom. The van der Waals surface area contributed by atoms with Crippen molar-refractivity contribution >= 4 is 47.2 Å². The van der Waals surface area contributed by atoms with Gasteiger partial charge in [0.05, 0.1) is 17.7 Å². The Balaban J connectivity index is 0.000000409. The number of carbonyl (C=O) groups excluding carboxylic acids is 1. The van der Waals surface area contributed by atoms with Crippen LogP contribution in [0.4, 0.5) is 0 Å². The van der Waals surface area contributed by atoms with Crippen LogP contribution in [0.2, 0.25) is 10.6 Å². The zero-order chi connectivity index (χ0) is 16.5. The van der Waals surface area contributed by atoms with Gasteiger partial charge in [-0.2, -0.15) is 0 Å². The van der Waals surface area contributed by atoms with Gasteiger partial charge in [0.1, 0.15) is 5.76 Å². The number of carbonyl (C=O) groups is 1. The summed E-state index contributed by atoms with van der Waals surface area (Å²) in [5.74, 6) is 0.505. The van der Waals surface area contributed by atoms with Gasteiger partial charge < -0.3 is 4.74 Å². The average molecular weight is 378 g/mol. The maximum absolute atomic E-state index is 10.6. The standard InChI is InChI=1S/C8H9ClN2O.C6H5ClN2O.ClH/c1-3-12-6(2)7-4-10-8(9)11-5-7;1-4(10)5-2-8-6(7)9-3-5;/h4-5H,2-3H2,1H3;2-3H,1H3;1H. The van der Waals surface area contributed by atoms with Gasteiger partial charge in [-0.3, -0.25) is 4.79 Å². The first-order valence-corrected chi connectivity index (χ1v) is 6.97. The molecular formula is C14H15Cl3N4O2. The Morgan fingerprint density at radius 2 is 1.43 bits per heavy atom. The minimum absolute atomic E-state index is 0. The van der Waals surface area contributed by atoms with Crippen molar-refractivity contribution < 1.29 is 9.53 Å². The van der Waals surface area contributed by atoms with Gasteiger partial charge in [-0.05, 0) is 37.0 Å². The van der Waals surface area contributed by atoms with E-state index in [1.54, 1.807) is 12.4 Å². The molecule has 2 aromatic rings. The summed E-state index contributed by atoms with van der Waals surface area (Å²) in [5.41, 5.74) is 1.23. The highest BCUT2D eigenvalue weighted by molar-refractivity contribution is 6.28. The summed E-state index contributed by atoms with van der Waals surface area (Å²) in [6.07, 6.45) is 5.95. The largest absolute Gasteiger partial charge is 0.494 e. The first kappa shape index (κ1) is 21.2. The van der Waals surface area contributed by atoms with E-state index in [2.05, 4.69) is 26.5 Å². The minimum atomic E-state index is -0.0586. The van der Waals surface area contributed by atoms with E-state index >= 15 is 0 Å². The summed E-state index contributed by atoms with van der Waals surface area (Å²) in [4.78, 5) is 25.5. The van der Waals surface area contributed by atoms with Crippen molar-refractivity contribution in [1.29, 1.82) is 0 Å². The van der Waals surface area contributed by atoms with Gasteiger partial charge in [0.2, 0.25) is 10.6 Å². The third kappa shape index (κ3) is 7.88. The molecule has 0 saturated heterocycles. The molecule has 2 heterocycles. The third-order valence-corrected chi connectivity index (χ3v) is 2.68. The van der Waals surface area contributed by atoms with Gasteiger partial charge in [-0.15, -0.1) is 12.4 Å². The van der Waals surface area contributed by atoms with Crippen molar-refractivity contribution in [2.45, 2.75) is 13.8 Å². The number of aromatic nitrogens is 4. The van der Waals surface area contributed by atoms with Crippen LogP contribution in [0, 0.1) is 0 Å². The molecule has 9 heteroatoms. The number of hydrogen-bond acceptors (Lipinski definition) is 6. The van der Waals surface area contributed by atoms with Crippen molar-refractivity contribution in [3.05, 3.63) is 53.1 Å². The molecule has 2 rings (SSSR count). The molecule has 0 unspecified atom stereocenters. The number of hydrogen-bond donors (Lipinski definition) is 0. The Morgan fingerprint density at radius 1 is 1.04 bits per heavy atom. The lowest BCUT2D eigenvalue weighted by Crippen LogP contribution is -1.94. The predicted octanol–water partition coefficient (Wildman–Crippen LogP) is 3.89. The lowest BCUT2D eigenvalue weighted by Gasteiger charge is -2.04. The highest BCUT2D eigenvalue weighted by atomic mass is 35.5. The second-order valence-corrected chi connectivity index (χ2v) is 4.57. The molecule has 6 nitrogen and oxygen atoms in total. The van der Waals surface area contributed by atoms with Gasteiger partial charge >= 0.3 is 0 Å². The molecule has 0 saturated carbocycles. The Bertz CT molecular complexity index is 633. The topological polar surface area (TPSA) is 77.9 Å². The molecule has 0 aromatic carbocycles. The number of nitrogens with zero attached hydrogens (tertiary/aromatic N) is 4. The zero-order valence-corrected chi connectivity index (χ0v) is 14.8. The highest BCUT2D eigenvalue weighted by Crippen LogP contribution is 2.11. The SMILES string of the molecule is C=C(OCC)c1cnc(Cl)nc1.CC(=O)c1cnc(Cl)nc1.Cl. The van der Waals surface area contributed by atoms with Crippen LogP contribution in [0.25, 0.3) is 5.76 Å². The fourth-order valence-corrected chi connectivity index (χ4v) is 1.40. The Hall–Kier alpha value is -1.76. The molecule has 0 amide bonds. The van der Waals surface area contributed by atoms with E-state index in [0.29, 0.717) is 17.9 Å². The van der Waals surface area contributed by atoms with Crippen molar-refractivity contribution in [1.82, 2.24) is 19.9 Å². The van der Waals surface area contributed by atoms with E-state index < -0.39 is 0 Å². The summed E-state index contributed by atoms with van der Waals surface area (Å²) in [6.45, 7) is 7.63. The van der Waals surface area contributed by atoms with Crippen molar-refractivity contribution in [3.8, 4) is 0 Å². The number of ketones is 1. The molecule has 23 heavy (non-hydrogen) atoms. The van der Waals surface area contributed by atoms with Crippen LogP contribution in [-0.4, -0.2) is 32.3 Å². The van der Waals surface area contributed by atoms with E-state index in [-0.39, 0.29) is 28.8 Å². The van der Waals surface area contributed by atoms with Crippen molar-refractivity contribution in [2.24, 2.45) is 0 Å². The quantitative estimate of drug-likeness (QED) is 0.457. The highest BCUT2D eigenvalue weighted by Gasteiger charge is 1.99. The number of halogens is 3. The molecule has 124 valence electrons. The molecule has 0 aliphatic rings. The lowest BCUT2D eigenvalue weighted by molar-refractivity contribution is 0.101. The predicted molar refractivity (Wildman–Crippen MR) is 92.0 cm³/mol. The fourth-order valence-electron chi connectivity index (χ4n) is 1.21. The van der Waals surface area contributed by atoms with Gasteiger partial charge in [-0.25, -0.2) is 19.9 Å². The number of rotatable bonds is 4. The molecule has 2 aromatic heterocycles. The molecule has 0 fully saturated rings. The second-order valence-electron chi connectivity index (χ2n) is 3.89. The van der Waals surface area contributed by atoms with Gasteiger partial charge in [-0.1, -0.05) is 6.58 Å². The monoisotopic (exact) mass is 376 g/mol. The molecule has 0 N–H and O–H groups in total. The van der Waals surface area contributed by atoms with Crippen LogP contribution in [0.3, 0.4) is 0 Å². The third-order valence-electron chi connectivity index (χ3n) is 2.29. The number of ether oxygens (including phenoxy) is 1. The van der Waals surface area contributed by atoms with Crippen LogP contribution < -0.4 is 0 Å². The van der Waals surface area contributed by atoms with Gasteiger partial charge in [0.25, 0.3) is 0 Å². The van der Waals surface area contributed by atoms with E-state index in [1.165, 1.54) is 19.3 Å². The summed E-state index contributed by atoms with van der Waals surface area (Å²) in [7, 11) is 0. The van der Waals surface area contributed by atoms with Gasteiger partial charge in [0.15, 0.2) is 5.78 Å². The van der Waals surface area contributed by atoms with Crippen LogP contribution in [0.5, 0.6) is 0 Å². The van der Waals surface area contributed by atoms with E-state index in [0.717, 1.165) is 5.56 Å². The Labute approximate surface area is 150 Å². The van der Waals surface area contributed by atoms with Crippen molar-refractivity contribution in [2.75, 3.05) is 6.61 Å². The van der Waals surface area contributed by atoms with E-state index in [4.69, 9.17) is 27.9 Å². The van der Waals surface area contributed by atoms with Crippen LogP contribution in [0.1, 0.15) is 29.8 Å². The molecule has 0 radical (unpaired) electrons. The molecule has 0 atom stereocenters. The summed E-state index contributed by atoms with van der Waals surface area (Å²) >= 11 is 10.9. The first-order valence-electron chi connectivity index (χ1n) is 6.22.